The predicted molar refractivity (Wildman–Crippen MR) is 195 cm³/mol. The smallest absolute Gasteiger partial charge is 0.316 e. The second-order valence-electron chi connectivity index (χ2n) is 19.3. The number of carbonyl (C=O) groups excluding carboxylic acids is 5. The van der Waals surface area contributed by atoms with Crippen molar-refractivity contribution in [2.75, 3.05) is 33.2 Å². The van der Waals surface area contributed by atoms with Gasteiger partial charge in [0.15, 0.2) is 0 Å². The monoisotopic (exact) mass is 709 g/mol. The van der Waals surface area contributed by atoms with Gasteiger partial charge in [0.05, 0.1) is 11.7 Å². The molecule has 5 amide bonds. The number of allylic oxidation sites excluding steroid dienone is 1. The molecular formula is C39H63N7O5. The highest BCUT2D eigenvalue weighted by atomic mass is 16.2. The van der Waals surface area contributed by atoms with Gasteiger partial charge < -0.3 is 31.5 Å². The Hall–Kier alpha value is -3.15. The third kappa shape index (κ3) is 5.86. The van der Waals surface area contributed by atoms with Crippen molar-refractivity contribution in [1.29, 1.82) is 0 Å². The van der Waals surface area contributed by atoms with Gasteiger partial charge >= 0.3 is 6.03 Å². The van der Waals surface area contributed by atoms with Gasteiger partial charge in [0.2, 0.25) is 23.5 Å². The number of nitrogens with one attached hydrogen (secondary N) is 3. The second-order valence-corrected chi connectivity index (χ2v) is 19.3. The Morgan fingerprint density at radius 1 is 0.941 bits per heavy atom. The van der Waals surface area contributed by atoms with E-state index < -0.39 is 35.6 Å². The van der Waals surface area contributed by atoms with Crippen LogP contribution in [0.3, 0.4) is 0 Å². The standard InChI is InChI=1S/C39H63N7O5/c1-22(2)28(32(49)45-17-16-44(10)36(6,7)20-45)42-34(51)43-30(35(3,4)5)33(50)46-21-39(37(8,9)38(39)14-11-15-38)19-26(46)31(48)41-25-18-23-12-13-24(23)27(40)29(25)47/h22-23,25-26,28,30H,11-21,40H2,1-10H3,(H,41,48)(H2,42,43,51)/t23?,25?,26?,28-,30?,39?/m0/s1. The summed E-state index contributed by atoms with van der Waals surface area (Å²) in [5.41, 5.74) is 6.41. The predicted octanol–water partition coefficient (Wildman–Crippen LogP) is 3.16. The fourth-order valence-corrected chi connectivity index (χ4v) is 10.6. The molecule has 2 spiro atoms. The first kappa shape index (κ1) is 37.6. The summed E-state index contributed by atoms with van der Waals surface area (Å²) >= 11 is 0. The molecule has 2 saturated heterocycles. The van der Waals surface area contributed by atoms with E-state index in [4.69, 9.17) is 5.73 Å². The van der Waals surface area contributed by atoms with Crippen molar-refractivity contribution < 1.29 is 24.0 Å². The number of rotatable bonds is 7. The van der Waals surface area contributed by atoms with Crippen molar-refractivity contribution in [2.45, 2.75) is 137 Å². The molecule has 6 atom stereocenters. The lowest BCUT2D eigenvalue weighted by molar-refractivity contribution is -0.142. The molecule has 12 nitrogen and oxygen atoms in total. The quantitative estimate of drug-likeness (QED) is 0.317. The van der Waals surface area contributed by atoms with Crippen LogP contribution in [0.5, 0.6) is 0 Å². The summed E-state index contributed by atoms with van der Waals surface area (Å²) in [6, 6.07) is -3.82. The molecule has 6 aliphatic rings. The number of ketones is 1. The fraction of sp³-hybridized carbons (Fsp3) is 0.821. The lowest BCUT2D eigenvalue weighted by Crippen LogP contribution is -2.64. The average molecular weight is 710 g/mol. The van der Waals surface area contributed by atoms with E-state index in [9.17, 15) is 24.0 Å². The van der Waals surface area contributed by atoms with Gasteiger partial charge in [-0.2, -0.15) is 0 Å². The van der Waals surface area contributed by atoms with Crippen molar-refractivity contribution in [3.63, 3.8) is 0 Å². The number of piperazine rings is 1. The van der Waals surface area contributed by atoms with Gasteiger partial charge in [0.25, 0.3) is 0 Å². The van der Waals surface area contributed by atoms with Gasteiger partial charge in [-0.05, 0) is 93.1 Å². The highest BCUT2D eigenvalue weighted by Crippen LogP contribution is 2.88. The van der Waals surface area contributed by atoms with Crippen LogP contribution in [0.15, 0.2) is 11.3 Å². The van der Waals surface area contributed by atoms with E-state index in [0.717, 1.165) is 44.2 Å². The van der Waals surface area contributed by atoms with E-state index in [2.05, 4.69) is 55.6 Å². The molecule has 5 unspecified atom stereocenters. The number of likely N-dealkylation sites (tertiary alicyclic amines) is 1. The Labute approximate surface area is 304 Å². The van der Waals surface area contributed by atoms with Crippen molar-refractivity contribution in [3.8, 4) is 0 Å². The minimum atomic E-state index is -0.972. The molecule has 284 valence electrons. The number of urea groups is 1. The van der Waals surface area contributed by atoms with E-state index in [1.54, 1.807) is 4.90 Å². The molecule has 5 fully saturated rings. The molecule has 4 aliphatic carbocycles. The van der Waals surface area contributed by atoms with Crippen LogP contribution in [0.25, 0.3) is 0 Å². The first-order valence-corrected chi connectivity index (χ1v) is 19.3. The molecule has 0 aromatic heterocycles. The maximum Gasteiger partial charge on any atom is 0.316 e. The number of hydrogen-bond donors (Lipinski definition) is 4. The van der Waals surface area contributed by atoms with Crippen molar-refractivity contribution in [1.82, 2.24) is 30.7 Å². The van der Waals surface area contributed by atoms with Crippen molar-refractivity contribution >= 4 is 29.5 Å². The van der Waals surface area contributed by atoms with Crippen LogP contribution in [-0.4, -0.2) is 107 Å². The number of likely N-dealkylation sites (N-methyl/N-ethyl adjacent to an activating group) is 1. The van der Waals surface area contributed by atoms with Gasteiger partial charge in [-0.1, -0.05) is 54.9 Å². The van der Waals surface area contributed by atoms with Crippen LogP contribution in [0, 0.1) is 33.5 Å². The maximum atomic E-state index is 14.8. The van der Waals surface area contributed by atoms with Gasteiger partial charge in [0.1, 0.15) is 18.1 Å². The van der Waals surface area contributed by atoms with Gasteiger partial charge in [-0.3, -0.25) is 24.1 Å². The lowest BCUT2D eigenvalue weighted by Gasteiger charge is -2.46. The molecule has 12 heteroatoms. The van der Waals surface area contributed by atoms with Crippen LogP contribution in [-0.2, 0) is 19.2 Å². The van der Waals surface area contributed by atoms with Crippen LogP contribution < -0.4 is 21.7 Å². The highest BCUT2D eigenvalue weighted by molar-refractivity contribution is 6.03. The Morgan fingerprint density at radius 2 is 1.61 bits per heavy atom. The van der Waals surface area contributed by atoms with Gasteiger partial charge in [-0.15, -0.1) is 0 Å². The summed E-state index contributed by atoms with van der Waals surface area (Å²) in [4.78, 5) is 75.7. The average Bonchev–Trinajstić information content (AvgIpc) is 3.21. The van der Waals surface area contributed by atoms with Crippen LogP contribution in [0.4, 0.5) is 4.79 Å². The molecular weight excluding hydrogens is 646 g/mol. The molecule has 2 aliphatic heterocycles. The molecule has 0 bridgehead atoms. The number of hydrogen-bond acceptors (Lipinski definition) is 7. The van der Waals surface area contributed by atoms with Crippen molar-refractivity contribution in [3.05, 3.63) is 11.3 Å². The zero-order valence-corrected chi connectivity index (χ0v) is 32.7. The third-order valence-corrected chi connectivity index (χ3v) is 14.7. The fourth-order valence-electron chi connectivity index (χ4n) is 10.6. The summed E-state index contributed by atoms with van der Waals surface area (Å²) in [5, 5.41) is 8.92. The normalized spacial score (nSPS) is 31.8. The van der Waals surface area contributed by atoms with Crippen molar-refractivity contribution in [2.24, 2.45) is 39.2 Å². The minimum Gasteiger partial charge on any atom is -0.396 e. The Balaban J connectivity index is 1.22. The molecule has 0 aromatic rings. The summed E-state index contributed by atoms with van der Waals surface area (Å²) in [5.74, 6) is -0.984. The minimum absolute atomic E-state index is 0.0504. The first-order valence-electron chi connectivity index (χ1n) is 19.3. The van der Waals surface area contributed by atoms with Crippen LogP contribution in [0.1, 0.15) is 107 Å². The number of nitrogens with zero attached hydrogens (tertiary/aromatic N) is 3. The maximum absolute atomic E-state index is 14.8. The number of Topliss-reactive ketones (excluding diaryl/α,β-unsaturated/α-hetero) is 1. The zero-order chi connectivity index (χ0) is 37.6. The first-order chi connectivity index (χ1) is 23.6. The van der Waals surface area contributed by atoms with Crippen LogP contribution in [0.2, 0.25) is 0 Å². The SMILES string of the molecule is CC(C)[C@H](NC(=O)NC(C(=O)N1CC2(CC1C(=O)NC1CC3CCC3=C(N)C1=O)C(C)(C)C21CCC1)C(C)(C)C)C(=O)N1CCN(C)C(C)(C)C1. The molecule has 0 radical (unpaired) electrons. The number of fused-ring (bicyclic) bond motifs is 2. The second kappa shape index (κ2) is 12.5. The zero-order valence-electron chi connectivity index (χ0n) is 32.7. The Kier molecular flexibility index (Phi) is 9.20. The number of carbonyl (C=O) groups is 5. The summed E-state index contributed by atoms with van der Waals surface area (Å²) in [6.45, 7) is 20.5. The van der Waals surface area contributed by atoms with Gasteiger partial charge in [-0.25, -0.2) is 4.79 Å². The van der Waals surface area contributed by atoms with E-state index in [1.807, 2.05) is 39.5 Å². The highest BCUT2D eigenvalue weighted by Gasteiger charge is 2.85. The molecule has 6 rings (SSSR count). The lowest BCUT2D eigenvalue weighted by atomic mass is 9.69. The van der Waals surface area contributed by atoms with E-state index in [1.165, 1.54) is 0 Å². The number of nitrogens with two attached hydrogens (primary N) is 1. The Bertz CT molecular complexity index is 1520. The summed E-state index contributed by atoms with van der Waals surface area (Å²) < 4.78 is 0. The van der Waals surface area contributed by atoms with E-state index >= 15 is 0 Å². The molecule has 51 heavy (non-hydrogen) atoms. The molecule has 5 N–H and O–H groups in total. The van der Waals surface area contributed by atoms with E-state index in [-0.39, 0.29) is 62.8 Å². The largest absolute Gasteiger partial charge is 0.396 e. The number of amides is 5. The Morgan fingerprint density at radius 3 is 2.12 bits per heavy atom. The molecule has 0 aromatic carbocycles. The molecule has 2 heterocycles. The summed E-state index contributed by atoms with van der Waals surface area (Å²) in [7, 11) is 2.05. The van der Waals surface area contributed by atoms with Gasteiger partial charge in [0, 0.05) is 37.1 Å². The third-order valence-electron chi connectivity index (χ3n) is 14.7. The molecule has 3 saturated carbocycles. The topological polar surface area (TPSA) is 157 Å². The summed E-state index contributed by atoms with van der Waals surface area (Å²) in [6.07, 6.45) is 6.13. The van der Waals surface area contributed by atoms with Crippen LogP contribution >= 0.6 is 0 Å². The van der Waals surface area contributed by atoms with E-state index in [0.29, 0.717) is 32.5 Å².